The molecule has 2 heterocycles. The van der Waals surface area contributed by atoms with Crippen LogP contribution in [0.1, 0.15) is 26.1 Å². The van der Waals surface area contributed by atoms with Gasteiger partial charge in [-0.1, -0.05) is 6.92 Å². The third kappa shape index (κ3) is 2.62. The molecule has 1 aromatic rings. The zero-order chi connectivity index (χ0) is 14.0. The van der Waals surface area contributed by atoms with E-state index >= 15 is 0 Å². The number of nitrogens with zero attached hydrogens (tertiary/aromatic N) is 3. The molecule has 3 N–H and O–H groups in total. The van der Waals surface area contributed by atoms with E-state index < -0.39 is 0 Å². The molecule has 1 aliphatic rings. The second kappa shape index (κ2) is 5.03. The minimum Gasteiger partial charge on any atom is -0.384 e. The zero-order valence-electron chi connectivity index (χ0n) is 11.7. The first-order valence-electron chi connectivity index (χ1n) is 6.59. The van der Waals surface area contributed by atoms with Gasteiger partial charge in [0.05, 0.1) is 5.41 Å². The van der Waals surface area contributed by atoms with Crippen LogP contribution in [-0.2, 0) is 11.2 Å². The molecule has 0 bridgehead atoms. The van der Waals surface area contributed by atoms with E-state index in [0.29, 0.717) is 12.4 Å². The van der Waals surface area contributed by atoms with Crippen molar-refractivity contribution in [1.82, 2.24) is 15.3 Å². The summed E-state index contributed by atoms with van der Waals surface area (Å²) in [6.45, 7) is 5.45. The topological polar surface area (TPSA) is 84.1 Å². The number of aryl methyl sites for hydroxylation is 1. The molecule has 1 unspecified atom stereocenters. The number of amides is 1. The maximum atomic E-state index is 11.9. The molecular formula is C13H21N5O. The third-order valence-corrected chi connectivity index (χ3v) is 3.67. The van der Waals surface area contributed by atoms with Crippen molar-refractivity contribution in [3.05, 3.63) is 11.9 Å². The van der Waals surface area contributed by atoms with Gasteiger partial charge in [-0.05, 0) is 13.3 Å². The summed E-state index contributed by atoms with van der Waals surface area (Å²) in [6, 6.07) is 1.77. The van der Waals surface area contributed by atoms with E-state index in [1.54, 1.807) is 13.1 Å². The molecule has 1 atom stereocenters. The summed E-state index contributed by atoms with van der Waals surface area (Å²) in [6.07, 6.45) is 1.57. The van der Waals surface area contributed by atoms with Gasteiger partial charge in [0.2, 0.25) is 5.91 Å². The maximum Gasteiger partial charge on any atom is 0.227 e. The Morgan fingerprint density at radius 1 is 1.58 bits per heavy atom. The van der Waals surface area contributed by atoms with E-state index in [9.17, 15) is 4.79 Å². The summed E-state index contributed by atoms with van der Waals surface area (Å²) in [5, 5.41) is 2.73. The van der Waals surface area contributed by atoms with Crippen LogP contribution in [0.2, 0.25) is 0 Å². The number of anilines is 2. The van der Waals surface area contributed by atoms with Crippen molar-refractivity contribution in [2.75, 3.05) is 30.8 Å². The number of carbonyl (C=O) groups is 1. The number of nitrogens with two attached hydrogens (primary N) is 1. The predicted octanol–water partition coefficient (Wildman–Crippen LogP) is 0.584. The average Bonchev–Trinajstić information content (AvgIpc) is 2.81. The first-order chi connectivity index (χ1) is 8.98. The molecule has 1 saturated heterocycles. The highest BCUT2D eigenvalue weighted by atomic mass is 16.2. The summed E-state index contributed by atoms with van der Waals surface area (Å²) in [7, 11) is 1.67. The largest absolute Gasteiger partial charge is 0.384 e. The number of aromatic nitrogens is 2. The molecule has 6 heteroatoms. The van der Waals surface area contributed by atoms with Crippen LogP contribution >= 0.6 is 0 Å². The summed E-state index contributed by atoms with van der Waals surface area (Å²) in [5.74, 6) is 2.11. The highest BCUT2D eigenvalue weighted by Gasteiger charge is 2.40. The van der Waals surface area contributed by atoms with Crippen LogP contribution in [0.3, 0.4) is 0 Å². The van der Waals surface area contributed by atoms with E-state index in [-0.39, 0.29) is 11.3 Å². The molecule has 1 aliphatic heterocycles. The van der Waals surface area contributed by atoms with Crippen LogP contribution < -0.4 is 16.0 Å². The van der Waals surface area contributed by atoms with Gasteiger partial charge in [0.1, 0.15) is 17.5 Å². The summed E-state index contributed by atoms with van der Waals surface area (Å²) >= 11 is 0. The highest BCUT2D eigenvalue weighted by Crippen LogP contribution is 2.32. The summed E-state index contributed by atoms with van der Waals surface area (Å²) in [5.41, 5.74) is 5.44. The van der Waals surface area contributed by atoms with Crippen molar-refractivity contribution in [2.45, 2.75) is 26.7 Å². The zero-order valence-corrected chi connectivity index (χ0v) is 11.7. The molecule has 0 aliphatic carbocycles. The number of nitrogens with one attached hydrogen (secondary N) is 1. The van der Waals surface area contributed by atoms with Crippen LogP contribution in [0, 0.1) is 5.41 Å². The standard InChI is InChI=1S/C13H21N5O/c1-4-10-16-9(14)7-11(17-10)18-6-5-13(2,8-18)12(19)15-3/h7H,4-6,8H2,1-3H3,(H,15,19)(H2,14,16,17). The molecule has 0 radical (unpaired) electrons. The van der Waals surface area contributed by atoms with Crippen LogP contribution in [-0.4, -0.2) is 36.0 Å². The second-order valence-corrected chi connectivity index (χ2v) is 5.23. The third-order valence-electron chi connectivity index (χ3n) is 3.67. The smallest absolute Gasteiger partial charge is 0.227 e. The fourth-order valence-electron chi connectivity index (χ4n) is 2.47. The Bertz CT molecular complexity index is 490. The van der Waals surface area contributed by atoms with Crippen LogP contribution in [0.25, 0.3) is 0 Å². The molecule has 2 rings (SSSR count). The van der Waals surface area contributed by atoms with Crippen molar-refractivity contribution >= 4 is 17.5 Å². The molecule has 1 aromatic heterocycles. The Morgan fingerprint density at radius 2 is 2.32 bits per heavy atom. The molecule has 19 heavy (non-hydrogen) atoms. The monoisotopic (exact) mass is 263 g/mol. The van der Waals surface area contributed by atoms with Crippen molar-refractivity contribution in [1.29, 1.82) is 0 Å². The lowest BCUT2D eigenvalue weighted by molar-refractivity contribution is -0.128. The minimum absolute atomic E-state index is 0.0766. The Kier molecular flexibility index (Phi) is 3.59. The van der Waals surface area contributed by atoms with Gasteiger partial charge in [-0.15, -0.1) is 0 Å². The van der Waals surface area contributed by atoms with Crippen LogP contribution in [0.5, 0.6) is 0 Å². The van der Waals surface area contributed by atoms with Gasteiger partial charge in [0.15, 0.2) is 0 Å². The van der Waals surface area contributed by atoms with Gasteiger partial charge in [0.25, 0.3) is 0 Å². The summed E-state index contributed by atoms with van der Waals surface area (Å²) in [4.78, 5) is 22.7. The first kappa shape index (κ1) is 13.6. The predicted molar refractivity (Wildman–Crippen MR) is 74.8 cm³/mol. The number of nitrogen functional groups attached to an aromatic ring is 1. The fourth-order valence-corrected chi connectivity index (χ4v) is 2.47. The van der Waals surface area contributed by atoms with Crippen molar-refractivity contribution in [3.63, 3.8) is 0 Å². The van der Waals surface area contributed by atoms with E-state index in [4.69, 9.17) is 5.73 Å². The molecule has 0 spiro atoms. The van der Waals surface area contributed by atoms with Crippen molar-refractivity contribution < 1.29 is 4.79 Å². The van der Waals surface area contributed by atoms with Gasteiger partial charge in [-0.2, -0.15) is 0 Å². The summed E-state index contributed by atoms with van der Waals surface area (Å²) < 4.78 is 0. The molecule has 0 saturated carbocycles. The van der Waals surface area contributed by atoms with Crippen molar-refractivity contribution in [2.24, 2.45) is 5.41 Å². The lowest BCUT2D eigenvalue weighted by Gasteiger charge is -2.23. The SMILES string of the molecule is CCc1nc(N)cc(N2CCC(C)(C(=O)NC)C2)n1. The Hall–Kier alpha value is -1.85. The van der Waals surface area contributed by atoms with Crippen molar-refractivity contribution in [3.8, 4) is 0 Å². The van der Waals surface area contributed by atoms with Crippen LogP contribution in [0.4, 0.5) is 11.6 Å². The molecule has 0 aromatic carbocycles. The van der Waals surface area contributed by atoms with Gasteiger partial charge < -0.3 is 16.0 Å². The van der Waals surface area contributed by atoms with E-state index in [1.807, 2.05) is 13.8 Å². The van der Waals surface area contributed by atoms with E-state index in [2.05, 4.69) is 20.2 Å². The molecule has 104 valence electrons. The Balaban J connectivity index is 2.21. The lowest BCUT2D eigenvalue weighted by Crippen LogP contribution is -2.39. The lowest BCUT2D eigenvalue weighted by atomic mass is 9.89. The second-order valence-electron chi connectivity index (χ2n) is 5.23. The normalized spacial score (nSPS) is 22.6. The fraction of sp³-hybridized carbons (Fsp3) is 0.615. The Labute approximate surface area is 113 Å². The van der Waals surface area contributed by atoms with E-state index in [0.717, 1.165) is 31.0 Å². The molecule has 1 fully saturated rings. The van der Waals surface area contributed by atoms with Gasteiger partial charge >= 0.3 is 0 Å². The van der Waals surface area contributed by atoms with Gasteiger partial charge in [0, 0.05) is 32.6 Å². The Morgan fingerprint density at radius 3 is 2.95 bits per heavy atom. The van der Waals surface area contributed by atoms with Crippen LogP contribution in [0.15, 0.2) is 6.07 Å². The molecule has 1 amide bonds. The molecule has 6 nitrogen and oxygen atoms in total. The highest BCUT2D eigenvalue weighted by molar-refractivity contribution is 5.83. The quantitative estimate of drug-likeness (QED) is 0.833. The molecular weight excluding hydrogens is 242 g/mol. The number of rotatable bonds is 3. The number of carbonyl (C=O) groups excluding carboxylic acids is 1. The number of hydrogen-bond acceptors (Lipinski definition) is 5. The van der Waals surface area contributed by atoms with Gasteiger partial charge in [-0.3, -0.25) is 4.79 Å². The van der Waals surface area contributed by atoms with E-state index in [1.165, 1.54) is 0 Å². The van der Waals surface area contributed by atoms with Gasteiger partial charge in [-0.25, -0.2) is 9.97 Å². The maximum absolute atomic E-state index is 11.9. The first-order valence-corrected chi connectivity index (χ1v) is 6.59. The average molecular weight is 263 g/mol. The minimum atomic E-state index is -0.360. The number of hydrogen-bond donors (Lipinski definition) is 2.